The Bertz CT molecular complexity index is 1070. The van der Waals surface area contributed by atoms with Gasteiger partial charge in [0.25, 0.3) is 0 Å². The predicted molar refractivity (Wildman–Crippen MR) is 123 cm³/mol. The van der Waals surface area contributed by atoms with Gasteiger partial charge in [0.15, 0.2) is 0 Å². The topological polar surface area (TPSA) is 34.1 Å². The molecule has 0 N–H and O–H groups in total. The van der Waals surface area contributed by atoms with Crippen LogP contribution in [0.3, 0.4) is 0 Å². The van der Waals surface area contributed by atoms with Crippen LogP contribution in [0.25, 0.3) is 9.75 Å². The normalized spacial score (nSPS) is 10.8. The number of carbonyl (C=O) groups excluding carboxylic acids is 2. The molecule has 4 aromatic rings. The van der Waals surface area contributed by atoms with E-state index in [0.717, 1.165) is 18.7 Å². The first-order valence-corrected chi connectivity index (χ1v) is 11.5. The molecule has 2 aromatic carbocycles. The standard InChI is InChI=1S/C22H12Br2O2S2/c23-15-11-17(19(25)13-7-3-1-4-8-13)27-21(15)22-16(24)12-18(28-22)20(26)14-9-5-2-6-10-14/h1-12H. The molecule has 0 aliphatic rings. The maximum absolute atomic E-state index is 12.8. The van der Waals surface area contributed by atoms with Gasteiger partial charge in [0.1, 0.15) is 0 Å². The Labute approximate surface area is 187 Å². The lowest BCUT2D eigenvalue weighted by Crippen LogP contribution is -1.97. The van der Waals surface area contributed by atoms with Gasteiger partial charge in [0.2, 0.25) is 11.6 Å². The molecule has 0 amide bonds. The number of thiophene rings is 2. The van der Waals surface area contributed by atoms with Crippen LogP contribution in [0.1, 0.15) is 30.5 Å². The highest BCUT2D eigenvalue weighted by Gasteiger charge is 2.21. The molecule has 0 aliphatic heterocycles. The van der Waals surface area contributed by atoms with Crippen LogP contribution in [0.4, 0.5) is 0 Å². The number of rotatable bonds is 5. The van der Waals surface area contributed by atoms with Crippen LogP contribution in [-0.2, 0) is 0 Å². The average molecular weight is 532 g/mol. The van der Waals surface area contributed by atoms with Crippen molar-refractivity contribution in [3.63, 3.8) is 0 Å². The van der Waals surface area contributed by atoms with Crippen LogP contribution in [0, 0.1) is 0 Å². The van der Waals surface area contributed by atoms with Gasteiger partial charge in [-0.2, -0.15) is 0 Å². The summed E-state index contributed by atoms with van der Waals surface area (Å²) in [5.74, 6) is -0.0170. The third kappa shape index (κ3) is 3.82. The second kappa shape index (κ2) is 8.25. The number of hydrogen-bond donors (Lipinski definition) is 0. The molecule has 0 atom stereocenters. The molecule has 0 unspecified atom stereocenters. The van der Waals surface area contributed by atoms with Gasteiger partial charge in [-0.25, -0.2) is 0 Å². The van der Waals surface area contributed by atoms with Crippen molar-refractivity contribution in [3.8, 4) is 9.75 Å². The van der Waals surface area contributed by atoms with E-state index >= 15 is 0 Å². The van der Waals surface area contributed by atoms with Gasteiger partial charge in [-0.15, -0.1) is 22.7 Å². The van der Waals surface area contributed by atoms with E-state index in [1.54, 1.807) is 0 Å². The maximum atomic E-state index is 12.8. The molecule has 138 valence electrons. The highest BCUT2D eigenvalue weighted by atomic mass is 79.9. The van der Waals surface area contributed by atoms with E-state index in [-0.39, 0.29) is 11.6 Å². The Morgan fingerprint density at radius 2 is 0.964 bits per heavy atom. The van der Waals surface area contributed by atoms with Gasteiger partial charge in [0, 0.05) is 20.1 Å². The molecule has 0 saturated heterocycles. The van der Waals surface area contributed by atoms with Crippen LogP contribution < -0.4 is 0 Å². The highest BCUT2D eigenvalue weighted by molar-refractivity contribution is 9.11. The minimum atomic E-state index is -0.00851. The summed E-state index contributed by atoms with van der Waals surface area (Å²) in [5, 5.41) is 0. The van der Waals surface area contributed by atoms with Crippen LogP contribution in [0.15, 0.2) is 81.7 Å². The Kier molecular flexibility index (Phi) is 5.73. The van der Waals surface area contributed by atoms with Crippen molar-refractivity contribution in [2.24, 2.45) is 0 Å². The third-order valence-electron chi connectivity index (χ3n) is 4.10. The summed E-state index contributed by atoms with van der Waals surface area (Å²) >= 11 is 10.0. The summed E-state index contributed by atoms with van der Waals surface area (Å²) in [6.45, 7) is 0. The van der Waals surface area contributed by atoms with Crippen molar-refractivity contribution >= 4 is 66.1 Å². The van der Waals surface area contributed by atoms with Crippen molar-refractivity contribution in [3.05, 3.63) is 103 Å². The van der Waals surface area contributed by atoms with Crippen LogP contribution in [0.2, 0.25) is 0 Å². The zero-order chi connectivity index (χ0) is 19.7. The smallest absolute Gasteiger partial charge is 0.203 e. The van der Waals surface area contributed by atoms with Gasteiger partial charge < -0.3 is 0 Å². The van der Waals surface area contributed by atoms with E-state index < -0.39 is 0 Å². The summed E-state index contributed by atoms with van der Waals surface area (Å²) in [5.41, 5.74) is 1.32. The third-order valence-corrected chi connectivity index (χ3v) is 8.31. The molecule has 0 aliphatic carbocycles. The Morgan fingerprint density at radius 1 is 0.607 bits per heavy atom. The average Bonchev–Trinajstić information content (AvgIpc) is 3.30. The first-order valence-electron chi connectivity index (χ1n) is 8.33. The minimum absolute atomic E-state index is 0.00851. The monoisotopic (exact) mass is 530 g/mol. The van der Waals surface area contributed by atoms with E-state index in [2.05, 4.69) is 31.9 Å². The maximum Gasteiger partial charge on any atom is 0.203 e. The Hall–Kier alpha value is -1.86. The molecule has 0 bridgehead atoms. The van der Waals surface area contributed by atoms with E-state index in [0.29, 0.717) is 20.9 Å². The Balaban J connectivity index is 1.69. The first-order chi connectivity index (χ1) is 13.5. The fourth-order valence-corrected chi connectivity index (χ4v) is 6.82. The molecule has 0 fully saturated rings. The molecular weight excluding hydrogens is 520 g/mol. The van der Waals surface area contributed by atoms with Crippen molar-refractivity contribution in [2.45, 2.75) is 0 Å². The lowest BCUT2D eigenvalue weighted by atomic mass is 10.1. The lowest BCUT2D eigenvalue weighted by Gasteiger charge is -1.97. The predicted octanol–water partition coefficient (Wildman–Crippen LogP) is 7.46. The zero-order valence-corrected chi connectivity index (χ0v) is 19.1. The van der Waals surface area contributed by atoms with Crippen LogP contribution in [-0.4, -0.2) is 11.6 Å². The summed E-state index contributed by atoms with van der Waals surface area (Å²) in [6.07, 6.45) is 0. The largest absolute Gasteiger partial charge is 0.288 e. The molecular formula is C22H12Br2O2S2. The van der Waals surface area contributed by atoms with E-state index in [1.807, 2.05) is 72.8 Å². The van der Waals surface area contributed by atoms with Crippen molar-refractivity contribution in [1.29, 1.82) is 0 Å². The SMILES string of the molecule is O=C(c1ccccc1)c1cc(Br)c(-c2sc(C(=O)c3ccccc3)cc2Br)s1. The fraction of sp³-hybridized carbons (Fsp3) is 0. The van der Waals surface area contributed by atoms with Gasteiger partial charge in [-0.1, -0.05) is 60.7 Å². The summed E-state index contributed by atoms with van der Waals surface area (Å²) in [6, 6.07) is 22.1. The first kappa shape index (κ1) is 19.5. The quantitative estimate of drug-likeness (QED) is 0.250. The molecule has 0 spiro atoms. The Morgan fingerprint density at radius 3 is 1.32 bits per heavy atom. The molecule has 2 heterocycles. The van der Waals surface area contributed by atoms with Crippen molar-refractivity contribution in [1.82, 2.24) is 0 Å². The van der Waals surface area contributed by atoms with Gasteiger partial charge >= 0.3 is 0 Å². The fourth-order valence-electron chi connectivity index (χ4n) is 2.73. The molecule has 0 radical (unpaired) electrons. The molecule has 2 nitrogen and oxygen atoms in total. The van der Waals surface area contributed by atoms with Crippen LogP contribution in [0.5, 0.6) is 0 Å². The summed E-state index contributed by atoms with van der Waals surface area (Å²) < 4.78 is 1.69. The number of halogens is 2. The molecule has 0 saturated carbocycles. The second-order valence-electron chi connectivity index (χ2n) is 5.97. The number of ketones is 2. The number of hydrogen-bond acceptors (Lipinski definition) is 4. The van der Waals surface area contributed by atoms with Crippen molar-refractivity contribution < 1.29 is 9.59 Å². The van der Waals surface area contributed by atoms with Crippen molar-refractivity contribution in [2.75, 3.05) is 0 Å². The highest BCUT2D eigenvalue weighted by Crippen LogP contribution is 2.45. The molecule has 6 heteroatoms. The summed E-state index contributed by atoms with van der Waals surface area (Å²) in [4.78, 5) is 28.7. The van der Waals surface area contributed by atoms with E-state index in [1.165, 1.54) is 22.7 Å². The summed E-state index contributed by atoms with van der Waals surface area (Å²) in [7, 11) is 0. The van der Waals surface area contributed by atoms with E-state index in [9.17, 15) is 9.59 Å². The van der Waals surface area contributed by atoms with Gasteiger partial charge in [-0.3, -0.25) is 9.59 Å². The number of carbonyl (C=O) groups is 2. The molecule has 28 heavy (non-hydrogen) atoms. The van der Waals surface area contributed by atoms with Gasteiger partial charge in [-0.05, 0) is 44.0 Å². The second-order valence-corrected chi connectivity index (χ2v) is 9.78. The van der Waals surface area contributed by atoms with Crippen LogP contribution >= 0.6 is 54.5 Å². The number of benzene rings is 2. The lowest BCUT2D eigenvalue weighted by molar-refractivity contribution is 0.103. The molecule has 4 rings (SSSR count). The minimum Gasteiger partial charge on any atom is -0.288 e. The molecule has 2 aromatic heterocycles. The zero-order valence-electron chi connectivity index (χ0n) is 14.3. The van der Waals surface area contributed by atoms with E-state index in [4.69, 9.17) is 0 Å². The van der Waals surface area contributed by atoms with Gasteiger partial charge in [0.05, 0.1) is 19.5 Å².